The molecule has 0 saturated carbocycles. The first-order valence-corrected chi connectivity index (χ1v) is 6.79. The number of pyridine rings is 1. The Morgan fingerprint density at radius 1 is 1.15 bits per heavy atom. The fourth-order valence-corrected chi connectivity index (χ4v) is 1.94. The van der Waals surface area contributed by atoms with E-state index in [1.165, 1.54) is 0 Å². The van der Waals surface area contributed by atoms with E-state index in [0.717, 1.165) is 24.2 Å². The molecule has 0 aliphatic rings. The van der Waals surface area contributed by atoms with Gasteiger partial charge >= 0.3 is 0 Å². The van der Waals surface area contributed by atoms with E-state index < -0.39 is 0 Å². The number of rotatable bonds is 5. The number of nitrogens with one attached hydrogen (secondary N) is 1. The molecule has 0 spiro atoms. The van der Waals surface area contributed by atoms with Gasteiger partial charge in [-0.25, -0.2) is 0 Å². The lowest BCUT2D eigenvalue weighted by Gasteiger charge is -2.19. The molecular formula is C14H20N6. The van der Waals surface area contributed by atoms with Crippen LogP contribution in [0.4, 0.5) is 11.9 Å². The van der Waals surface area contributed by atoms with Gasteiger partial charge in [0, 0.05) is 38.1 Å². The standard InChI is InChI=1S/C14H20N6/c1-5-20(6-2)14-18-12(17-13(15-4)19-14)11-9-16-8-7-10(11)3/h7-9H,5-6H2,1-4H3,(H,15,17,18,19). The Kier molecular flexibility index (Phi) is 4.45. The third-order valence-electron chi connectivity index (χ3n) is 3.17. The summed E-state index contributed by atoms with van der Waals surface area (Å²) in [6, 6.07) is 1.95. The van der Waals surface area contributed by atoms with E-state index in [1.54, 1.807) is 19.4 Å². The quantitative estimate of drug-likeness (QED) is 0.899. The lowest BCUT2D eigenvalue weighted by molar-refractivity contribution is 0.814. The molecule has 106 valence electrons. The van der Waals surface area contributed by atoms with Crippen LogP contribution in [-0.2, 0) is 0 Å². The van der Waals surface area contributed by atoms with Crippen molar-refractivity contribution in [2.24, 2.45) is 0 Å². The van der Waals surface area contributed by atoms with Crippen LogP contribution in [0.25, 0.3) is 11.4 Å². The molecule has 20 heavy (non-hydrogen) atoms. The molecule has 2 rings (SSSR count). The number of aryl methyl sites for hydroxylation is 1. The molecule has 0 aromatic carbocycles. The fraction of sp³-hybridized carbons (Fsp3) is 0.429. The monoisotopic (exact) mass is 272 g/mol. The molecule has 0 atom stereocenters. The Morgan fingerprint density at radius 2 is 1.90 bits per heavy atom. The molecule has 2 aromatic rings. The highest BCUT2D eigenvalue weighted by molar-refractivity contribution is 5.61. The summed E-state index contributed by atoms with van der Waals surface area (Å²) in [4.78, 5) is 19.7. The van der Waals surface area contributed by atoms with Gasteiger partial charge in [0.2, 0.25) is 11.9 Å². The number of hydrogen-bond donors (Lipinski definition) is 1. The molecule has 0 bridgehead atoms. The molecule has 6 heteroatoms. The Hall–Kier alpha value is -2.24. The van der Waals surface area contributed by atoms with Crippen molar-refractivity contribution in [3.8, 4) is 11.4 Å². The minimum Gasteiger partial charge on any atom is -0.357 e. The predicted octanol–water partition coefficient (Wildman–Crippen LogP) is 2.13. The topological polar surface area (TPSA) is 66.8 Å². The van der Waals surface area contributed by atoms with Crippen molar-refractivity contribution in [3.63, 3.8) is 0 Å². The molecule has 0 radical (unpaired) electrons. The van der Waals surface area contributed by atoms with Crippen LogP contribution >= 0.6 is 0 Å². The first kappa shape index (κ1) is 14.2. The maximum Gasteiger partial charge on any atom is 0.230 e. The summed E-state index contributed by atoms with van der Waals surface area (Å²) in [7, 11) is 1.81. The van der Waals surface area contributed by atoms with Crippen molar-refractivity contribution < 1.29 is 0 Å². The summed E-state index contributed by atoms with van der Waals surface area (Å²) < 4.78 is 0. The molecule has 0 aliphatic carbocycles. The highest BCUT2D eigenvalue weighted by Gasteiger charge is 2.13. The summed E-state index contributed by atoms with van der Waals surface area (Å²) >= 11 is 0. The van der Waals surface area contributed by atoms with Gasteiger partial charge in [0.1, 0.15) is 0 Å². The maximum atomic E-state index is 4.58. The van der Waals surface area contributed by atoms with E-state index in [-0.39, 0.29) is 0 Å². The van der Waals surface area contributed by atoms with Crippen LogP contribution < -0.4 is 10.2 Å². The number of hydrogen-bond acceptors (Lipinski definition) is 6. The zero-order chi connectivity index (χ0) is 14.5. The van der Waals surface area contributed by atoms with Crippen LogP contribution in [0.15, 0.2) is 18.5 Å². The summed E-state index contributed by atoms with van der Waals surface area (Å²) in [5.74, 6) is 1.91. The lowest BCUT2D eigenvalue weighted by Crippen LogP contribution is -2.25. The Bertz CT molecular complexity index is 580. The molecule has 0 saturated heterocycles. The maximum absolute atomic E-state index is 4.58. The van der Waals surface area contributed by atoms with Gasteiger partial charge in [-0.3, -0.25) is 4.98 Å². The van der Waals surface area contributed by atoms with E-state index in [9.17, 15) is 0 Å². The zero-order valence-electron chi connectivity index (χ0n) is 12.4. The van der Waals surface area contributed by atoms with Gasteiger partial charge in [-0.15, -0.1) is 0 Å². The highest BCUT2D eigenvalue weighted by Crippen LogP contribution is 2.21. The molecule has 2 heterocycles. The smallest absolute Gasteiger partial charge is 0.230 e. The zero-order valence-corrected chi connectivity index (χ0v) is 12.4. The highest BCUT2D eigenvalue weighted by atomic mass is 15.3. The minimum atomic E-state index is 0.570. The van der Waals surface area contributed by atoms with E-state index in [0.29, 0.717) is 17.7 Å². The fourth-order valence-electron chi connectivity index (χ4n) is 1.94. The molecule has 0 aliphatic heterocycles. The average molecular weight is 272 g/mol. The van der Waals surface area contributed by atoms with Crippen LogP contribution in [-0.4, -0.2) is 40.1 Å². The first-order chi connectivity index (χ1) is 9.69. The van der Waals surface area contributed by atoms with Crippen LogP contribution in [0, 0.1) is 6.92 Å². The number of nitrogens with zero attached hydrogens (tertiary/aromatic N) is 5. The van der Waals surface area contributed by atoms with Crippen molar-refractivity contribution in [1.29, 1.82) is 0 Å². The second-order valence-electron chi connectivity index (χ2n) is 4.40. The SMILES string of the molecule is CCN(CC)c1nc(NC)nc(-c2cnccc2C)n1. The van der Waals surface area contributed by atoms with Crippen LogP contribution in [0.5, 0.6) is 0 Å². The second kappa shape index (κ2) is 6.27. The van der Waals surface area contributed by atoms with Crippen LogP contribution in [0.3, 0.4) is 0 Å². The average Bonchev–Trinajstić information content (AvgIpc) is 2.48. The van der Waals surface area contributed by atoms with E-state index in [2.05, 4.69) is 44.0 Å². The van der Waals surface area contributed by atoms with Crippen molar-refractivity contribution >= 4 is 11.9 Å². The molecular weight excluding hydrogens is 252 g/mol. The summed E-state index contributed by atoms with van der Waals surface area (Å²) in [6.45, 7) is 7.91. The molecule has 2 aromatic heterocycles. The Morgan fingerprint density at radius 3 is 2.50 bits per heavy atom. The lowest BCUT2D eigenvalue weighted by atomic mass is 10.1. The molecule has 0 unspecified atom stereocenters. The van der Waals surface area contributed by atoms with Gasteiger partial charge in [0.25, 0.3) is 0 Å². The van der Waals surface area contributed by atoms with Gasteiger partial charge in [-0.2, -0.15) is 15.0 Å². The minimum absolute atomic E-state index is 0.570. The van der Waals surface area contributed by atoms with Crippen LogP contribution in [0.2, 0.25) is 0 Å². The van der Waals surface area contributed by atoms with Gasteiger partial charge in [0.15, 0.2) is 5.82 Å². The number of anilines is 2. The van der Waals surface area contributed by atoms with Gasteiger partial charge in [0.05, 0.1) is 0 Å². The van der Waals surface area contributed by atoms with Crippen molar-refractivity contribution in [3.05, 3.63) is 24.0 Å². The largest absolute Gasteiger partial charge is 0.357 e. The van der Waals surface area contributed by atoms with Gasteiger partial charge in [-0.05, 0) is 32.4 Å². The second-order valence-corrected chi connectivity index (χ2v) is 4.40. The Labute approximate surface area is 119 Å². The Balaban J connectivity index is 2.54. The van der Waals surface area contributed by atoms with Gasteiger partial charge in [-0.1, -0.05) is 0 Å². The van der Waals surface area contributed by atoms with E-state index in [1.807, 2.05) is 13.0 Å². The van der Waals surface area contributed by atoms with Crippen LogP contribution in [0.1, 0.15) is 19.4 Å². The molecule has 6 nitrogen and oxygen atoms in total. The normalized spacial score (nSPS) is 10.4. The summed E-state index contributed by atoms with van der Waals surface area (Å²) in [5.41, 5.74) is 2.03. The van der Waals surface area contributed by atoms with E-state index >= 15 is 0 Å². The first-order valence-electron chi connectivity index (χ1n) is 6.79. The summed E-state index contributed by atoms with van der Waals surface area (Å²) in [5, 5.41) is 2.99. The molecule has 1 N–H and O–H groups in total. The van der Waals surface area contributed by atoms with Crippen molar-refractivity contribution in [1.82, 2.24) is 19.9 Å². The molecule has 0 amide bonds. The third kappa shape index (κ3) is 2.84. The van der Waals surface area contributed by atoms with Gasteiger partial charge < -0.3 is 10.2 Å². The molecule has 0 fully saturated rings. The van der Waals surface area contributed by atoms with Crippen molar-refractivity contribution in [2.45, 2.75) is 20.8 Å². The third-order valence-corrected chi connectivity index (χ3v) is 3.17. The van der Waals surface area contributed by atoms with Crippen molar-refractivity contribution in [2.75, 3.05) is 30.4 Å². The summed E-state index contributed by atoms with van der Waals surface area (Å²) in [6.07, 6.45) is 3.56. The van der Waals surface area contributed by atoms with E-state index in [4.69, 9.17) is 0 Å². The predicted molar refractivity (Wildman–Crippen MR) is 80.9 cm³/mol. The number of aromatic nitrogens is 4.